The maximum atomic E-state index is 14.1. The predicted molar refractivity (Wildman–Crippen MR) is 136 cm³/mol. The molecule has 9 nitrogen and oxygen atoms in total. The maximum absolute atomic E-state index is 14.1. The van der Waals surface area contributed by atoms with Crippen molar-refractivity contribution >= 4 is 17.7 Å². The SMILES string of the molecule is CCOC(=O)CCC(=O)N(CCOC)Cc1c(C)nn(-c2cccc(F)c2)c1N1CCN(CC)CC1. The third-order valence-corrected chi connectivity index (χ3v) is 6.44. The number of carbonyl (C=O) groups excluding carboxylic acids is 2. The Bertz CT molecular complexity index is 1020. The first-order valence-corrected chi connectivity index (χ1v) is 12.6. The first-order chi connectivity index (χ1) is 17.4. The van der Waals surface area contributed by atoms with Gasteiger partial charge in [-0.15, -0.1) is 0 Å². The number of halogens is 1. The summed E-state index contributed by atoms with van der Waals surface area (Å²) < 4.78 is 26.1. The number of esters is 1. The van der Waals surface area contributed by atoms with Gasteiger partial charge in [0.05, 0.1) is 37.6 Å². The van der Waals surface area contributed by atoms with Crippen LogP contribution < -0.4 is 4.90 Å². The number of likely N-dealkylation sites (N-methyl/N-ethyl adjacent to an activating group) is 1. The van der Waals surface area contributed by atoms with Crippen LogP contribution in [0.3, 0.4) is 0 Å². The average Bonchev–Trinajstić information content (AvgIpc) is 3.21. The van der Waals surface area contributed by atoms with Crippen molar-refractivity contribution in [1.29, 1.82) is 0 Å². The summed E-state index contributed by atoms with van der Waals surface area (Å²) in [7, 11) is 1.59. The van der Waals surface area contributed by atoms with Crippen LogP contribution in [0.25, 0.3) is 5.69 Å². The van der Waals surface area contributed by atoms with Gasteiger partial charge in [-0.3, -0.25) is 9.59 Å². The molecular formula is C26H38FN5O4. The fourth-order valence-electron chi connectivity index (χ4n) is 4.41. The molecule has 0 unspecified atom stereocenters. The molecule has 2 heterocycles. The summed E-state index contributed by atoms with van der Waals surface area (Å²) in [6, 6.07) is 6.38. The number of rotatable bonds is 12. The number of aromatic nitrogens is 2. The largest absolute Gasteiger partial charge is 0.466 e. The molecule has 2 aromatic rings. The summed E-state index contributed by atoms with van der Waals surface area (Å²) in [6.07, 6.45) is 0.0909. The molecule has 1 aliphatic heterocycles. The smallest absolute Gasteiger partial charge is 0.306 e. The lowest BCUT2D eigenvalue weighted by Crippen LogP contribution is -2.47. The number of carbonyl (C=O) groups is 2. The Morgan fingerprint density at radius 1 is 1.14 bits per heavy atom. The molecule has 3 rings (SSSR count). The number of nitrogens with zero attached hydrogens (tertiary/aromatic N) is 5. The van der Waals surface area contributed by atoms with E-state index in [0.29, 0.717) is 25.4 Å². The van der Waals surface area contributed by atoms with Gasteiger partial charge in [0.25, 0.3) is 0 Å². The topological polar surface area (TPSA) is 80.1 Å². The summed E-state index contributed by atoms with van der Waals surface area (Å²) in [4.78, 5) is 31.3. The highest BCUT2D eigenvalue weighted by Crippen LogP contribution is 2.30. The Balaban J connectivity index is 1.94. The molecule has 10 heteroatoms. The summed E-state index contributed by atoms with van der Waals surface area (Å²) in [5.41, 5.74) is 2.31. The highest BCUT2D eigenvalue weighted by Gasteiger charge is 2.27. The first kappa shape index (κ1) is 27.6. The van der Waals surface area contributed by atoms with Gasteiger partial charge in [0.1, 0.15) is 11.6 Å². The quantitative estimate of drug-likeness (QED) is 0.412. The van der Waals surface area contributed by atoms with Crippen LogP contribution in [0.4, 0.5) is 10.2 Å². The molecule has 0 spiro atoms. The number of aryl methyl sites for hydroxylation is 1. The van der Waals surface area contributed by atoms with E-state index in [4.69, 9.17) is 14.6 Å². The van der Waals surface area contributed by atoms with Gasteiger partial charge in [0.2, 0.25) is 5.91 Å². The number of amides is 1. The van der Waals surface area contributed by atoms with E-state index < -0.39 is 0 Å². The molecule has 0 bridgehead atoms. The normalized spacial score (nSPS) is 14.2. The molecular weight excluding hydrogens is 465 g/mol. The Labute approximate surface area is 212 Å². The van der Waals surface area contributed by atoms with Crippen LogP contribution in [-0.2, 0) is 25.6 Å². The van der Waals surface area contributed by atoms with Crippen LogP contribution in [-0.4, -0.2) is 91.0 Å². The number of hydrogen-bond donors (Lipinski definition) is 0. The zero-order valence-electron chi connectivity index (χ0n) is 21.8. The minimum absolute atomic E-state index is 0.0313. The third kappa shape index (κ3) is 7.04. The van der Waals surface area contributed by atoms with Gasteiger partial charge in [-0.2, -0.15) is 5.10 Å². The van der Waals surface area contributed by atoms with E-state index in [2.05, 4.69) is 16.7 Å². The minimum Gasteiger partial charge on any atom is -0.466 e. The standard InChI is InChI=1S/C26H38FN5O4/c1-5-29-12-14-30(15-13-29)26-23(20(3)28-32(26)22-9-7-8-21(27)18-22)19-31(16-17-35-4)24(33)10-11-25(34)36-6-2/h7-9,18H,5-6,10-17,19H2,1-4H3. The number of ether oxygens (including phenoxy) is 2. The molecule has 36 heavy (non-hydrogen) atoms. The molecule has 0 aliphatic carbocycles. The van der Waals surface area contributed by atoms with Crippen molar-refractivity contribution < 1.29 is 23.5 Å². The molecule has 0 atom stereocenters. The van der Waals surface area contributed by atoms with Crippen LogP contribution in [0.15, 0.2) is 24.3 Å². The van der Waals surface area contributed by atoms with Crippen LogP contribution >= 0.6 is 0 Å². The number of methoxy groups -OCH3 is 1. The van der Waals surface area contributed by atoms with E-state index in [-0.39, 0.29) is 37.1 Å². The zero-order valence-corrected chi connectivity index (χ0v) is 21.8. The van der Waals surface area contributed by atoms with Crippen LogP contribution in [0, 0.1) is 12.7 Å². The van der Waals surface area contributed by atoms with Gasteiger partial charge in [-0.25, -0.2) is 9.07 Å². The summed E-state index contributed by atoms with van der Waals surface area (Å²) in [5.74, 6) is -0.00354. The molecule has 1 fully saturated rings. The monoisotopic (exact) mass is 503 g/mol. The molecule has 1 saturated heterocycles. The number of benzene rings is 1. The van der Waals surface area contributed by atoms with Crippen molar-refractivity contribution in [1.82, 2.24) is 19.6 Å². The lowest BCUT2D eigenvalue weighted by Gasteiger charge is -2.36. The molecule has 1 aromatic heterocycles. The van der Waals surface area contributed by atoms with Gasteiger partial charge in [0, 0.05) is 51.8 Å². The van der Waals surface area contributed by atoms with Crippen LogP contribution in [0.5, 0.6) is 0 Å². The first-order valence-electron chi connectivity index (χ1n) is 12.6. The second kappa shape index (κ2) is 13.4. The molecule has 198 valence electrons. The Hall–Kier alpha value is -2.98. The average molecular weight is 504 g/mol. The number of hydrogen-bond acceptors (Lipinski definition) is 7. The molecule has 0 radical (unpaired) electrons. The van der Waals surface area contributed by atoms with E-state index in [1.807, 2.05) is 13.0 Å². The van der Waals surface area contributed by atoms with Crippen molar-refractivity contribution in [3.63, 3.8) is 0 Å². The van der Waals surface area contributed by atoms with Gasteiger partial charge in [-0.1, -0.05) is 13.0 Å². The van der Waals surface area contributed by atoms with E-state index in [1.165, 1.54) is 12.1 Å². The third-order valence-electron chi connectivity index (χ3n) is 6.44. The van der Waals surface area contributed by atoms with Crippen molar-refractivity contribution in [2.75, 3.05) is 64.5 Å². The van der Waals surface area contributed by atoms with Crippen LogP contribution in [0.2, 0.25) is 0 Å². The molecule has 0 N–H and O–H groups in total. The molecule has 1 aromatic carbocycles. The minimum atomic E-state index is -0.387. The molecule has 1 amide bonds. The van der Waals surface area contributed by atoms with E-state index in [0.717, 1.165) is 49.8 Å². The van der Waals surface area contributed by atoms with Gasteiger partial charge in [-0.05, 0) is 38.6 Å². The molecule has 0 saturated carbocycles. The second-order valence-electron chi connectivity index (χ2n) is 8.81. The van der Waals surface area contributed by atoms with E-state index >= 15 is 0 Å². The van der Waals surface area contributed by atoms with E-state index in [1.54, 1.807) is 29.7 Å². The van der Waals surface area contributed by atoms with Crippen molar-refractivity contribution in [2.24, 2.45) is 0 Å². The van der Waals surface area contributed by atoms with Crippen molar-refractivity contribution in [3.05, 3.63) is 41.3 Å². The predicted octanol–water partition coefficient (Wildman–Crippen LogP) is 2.78. The van der Waals surface area contributed by atoms with Crippen molar-refractivity contribution in [2.45, 2.75) is 40.2 Å². The Morgan fingerprint density at radius 3 is 2.53 bits per heavy atom. The lowest BCUT2D eigenvalue weighted by atomic mass is 10.1. The lowest BCUT2D eigenvalue weighted by molar-refractivity contribution is -0.145. The molecule has 1 aliphatic rings. The fourth-order valence-corrected chi connectivity index (χ4v) is 4.41. The second-order valence-corrected chi connectivity index (χ2v) is 8.81. The van der Waals surface area contributed by atoms with Gasteiger partial charge < -0.3 is 24.2 Å². The summed E-state index contributed by atoms with van der Waals surface area (Å²) in [5, 5.41) is 4.78. The summed E-state index contributed by atoms with van der Waals surface area (Å²) in [6.45, 7) is 11.6. The highest BCUT2D eigenvalue weighted by molar-refractivity contribution is 5.81. The highest BCUT2D eigenvalue weighted by atomic mass is 19.1. The zero-order chi connectivity index (χ0) is 26.1. The van der Waals surface area contributed by atoms with Crippen LogP contribution in [0.1, 0.15) is 37.9 Å². The van der Waals surface area contributed by atoms with Gasteiger partial charge in [0.15, 0.2) is 0 Å². The summed E-state index contributed by atoms with van der Waals surface area (Å²) >= 11 is 0. The van der Waals surface area contributed by atoms with Gasteiger partial charge >= 0.3 is 5.97 Å². The number of piperazine rings is 1. The number of anilines is 1. The maximum Gasteiger partial charge on any atom is 0.306 e. The Kier molecular flexibility index (Phi) is 10.2. The fraction of sp³-hybridized carbons (Fsp3) is 0.577. The Morgan fingerprint density at radius 2 is 1.89 bits per heavy atom. The van der Waals surface area contributed by atoms with Crippen molar-refractivity contribution in [3.8, 4) is 5.69 Å². The van der Waals surface area contributed by atoms with E-state index in [9.17, 15) is 14.0 Å².